The average Bonchev–Trinajstić information content (AvgIpc) is 2.15. The number of pyridine rings is 1. The Kier molecular flexibility index (Phi) is 3.07. The molecule has 3 nitrogen and oxygen atoms in total. The first-order valence-corrected chi connectivity index (χ1v) is 3.77. The van der Waals surface area contributed by atoms with E-state index >= 15 is 0 Å². The molecular formula is C8H8F3NO2. The van der Waals surface area contributed by atoms with Crippen molar-refractivity contribution in [3.05, 3.63) is 29.6 Å². The lowest BCUT2D eigenvalue weighted by Gasteiger charge is -2.14. The first kappa shape index (κ1) is 10.9. The van der Waals surface area contributed by atoms with Crippen LogP contribution in [0.5, 0.6) is 0 Å². The van der Waals surface area contributed by atoms with Gasteiger partial charge in [-0.2, -0.15) is 13.2 Å². The van der Waals surface area contributed by atoms with Crippen LogP contribution in [-0.2, 0) is 6.18 Å². The van der Waals surface area contributed by atoms with Crippen molar-refractivity contribution in [2.45, 2.75) is 12.3 Å². The van der Waals surface area contributed by atoms with Crippen LogP contribution in [0.2, 0.25) is 0 Å². The highest BCUT2D eigenvalue weighted by Crippen LogP contribution is 2.33. The molecule has 0 aliphatic rings. The van der Waals surface area contributed by atoms with Gasteiger partial charge in [0.05, 0.1) is 12.2 Å². The number of rotatable bonds is 2. The number of aromatic nitrogens is 1. The lowest BCUT2D eigenvalue weighted by molar-refractivity contribution is -0.139. The van der Waals surface area contributed by atoms with E-state index in [1.165, 1.54) is 0 Å². The standard InChI is InChI=1S/C8H8F3NO2/c9-8(10,11)6-3-12-2-1-5(6)7(14)4-13/h1-3,7,13-14H,4H2. The molecule has 1 aromatic rings. The molecule has 14 heavy (non-hydrogen) atoms. The lowest BCUT2D eigenvalue weighted by atomic mass is 10.1. The Bertz CT molecular complexity index is 314. The molecule has 0 aliphatic heterocycles. The van der Waals surface area contributed by atoms with E-state index in [-0.39, 0.29) is 5.56 Å². The minimum atomic E-state index is -4.57. The van der Waals surface area contributed by atoms with Crippen molar-refractivity contribution in [2.24, 2.45) is 0 Å². The van der Waals surface area contributed by atoms with Gasteiger partial charge in [0, 0.05) is 12.4 Å². The summed E-state index contributed by atoms with van der Waals surface area (Å²) in [5.74, 6) is 0. The zero-order valence-corrected chi connectivity index (χ0v) is 6.99. The molecule has 0 amide bonds. The van der Waals surface area contributed by atoms with Gasteiger partial charge in [0.2, 0.25) is 0 Å². The van der Waals surface area contributed by atoms with E-state index in [0.29, 0.717) is 6.20 Å². The van der Waals surface area contributed by atoms with E-state index in [1.54, 1.807) is 0 Å². The molecular weight excluding hydrogens is 199 g/mol. The van der Waals surface area contributed by atoms with Gasteiger partial charge in [-0.1, -0.05) is 0 Å². The number of halogens is 3. The maximum Gasteiger partial charge on any atom is 0.418 e. The highest BCUT2D eigenvalue weighted by atomic mass is 19.4. The van der Waals surface area contributed by atoms with Crippen LogP contribution in [0.4, 0.5) is 13.2 Å². The summed E-state index contributed by atoms with van der Waals surface area (Å²) in [7, 11) is 0. The number of aliphatic hydroxyl groups is 2. The van der Waals surface area contributed by atoms with Gasteiger partial charge < -0.3 is 10.2 Å². The van der Waals surface area contributed by atoms with Crippen molar-refractivity contribution in [3.63, 3.8) is 0 Å². The van der Waals surface area contributed by atoms with Gasteiger partial charge in [0.25, 0.3) is 0 Å². The Morgan fingerprint density at radius 1 is 1.43 bits per heavy atom. The number of aliphatic hydroxyl groups excluding tert-OH is 2. The molecule has 0 saturated carbocycles. The maximum atomic E-state index is 12.3. The smallest absolute Gasteiger partial charge is 0.393 e. The Morgan fingerprint density at radius 2 is 2.07 bits per heavy atom. The molecule has 6 heteroatoms. The Balaban J connectivity index is 3.16. The van der Waals surface area contributed by atoms with Crippen LogP contribution < -0.4 is 0 Å². The lowest BCUT2D eigenvalue weighted by Crippen LogP contribution is -2.14. The predicted molar refractivity (Wildman–Crippen MR) is 41.3 cm³/mol. The highest BCUT2D eigenvalue weighted by molar-refractivity contribution is 5.28. The van der Waals surface area contributed by atoms with Gasteiger partial charge in [-0.15, -0.1) is 0 Å². The third-order valence-electron chi connectivity index (χ3n) is 1.69. The van der Waals surface area contributed by atoms with E-state index in [9.17, 15) is 13.2 Å². The van der Waals surface area contributed by atoms with Crippen LogP contribution in [0.25, 0.3) is 0 Å². The van der Waals surface area contributed by atoms with E-state index in [4.69, 9.17) is 10.2 Å². The highest BCUT2D eigenvalue weighted by Gasteiger charge is 2.35. The topological polar surface area (TPSA) is 53.4 Å². The van der Waals surface area contributed by atoms with Gasteiger partial charge in [-0.3, -0.25) is 4.98 Å². The first-order valence-electron chi connectivity index (χ1n) is 3.77. The second-order valence-electron chi connectivity index (χ2n) is 2.66. The SMILES string of the molecule is OCC(O)c1ccncc1C(F)(F)F. The molecule has 0 fully saturated rings. The summed E-state index contributed by atoms with van der Waals surface area (Å²) in [6.07, 6.45) is -4.35. The summed E-state index contributed by atoms with van der Waals surface area (Å²) < 4.78 is 36.9. The minimum absolute atomic E-state index is 0.366. The molecule has 0 radical (unpaired) electrons. The molecule has 0 spiro atoms. The van der Waals surface area contributed by atoms with Crippen molar-refractivity contribution in [1.29, 1.82) is 0 Å². The van der Waals surface area contributed by atoms with Gasteiger partial charge in [0.15, 0.2) is 0 Å². The minimum Gasteiger partial charge on any atom is -0.393 e. The molecule has 1 unspecified atom stereocenters. The molecule has 1 heterocycles. The summed E-state index contributed by atoms with van der Waals surface area (Å²) in [5.41, 5.74) is -1.39. The van der Waals surface area contributed by atoms with Crippen LogP contribution >= 0.6 is 0 Å². The number of alkyl halides is 3. The normalized spacial score (nSPS) is 14.1. The van der Waals surface area contributed by atoms with Crippen LogP contribution in [0, 0.1) is 0 Å². The largest absolute Gasteiger partial charge is 0.418 e. The number of hydrogen-bond acceptors (Lipinski definition) is 3. The van der Waals surface area contributed by atoms with E-state index in [0.717, 1.165) is 12.3 Å². The van der Waals surface area contributed by atoms with Crippen LogP contribution in [0.3, 0.4) is 0 Å². The molecule has 0 aliphatic carbocycles. The second kappa shape index (κ2) is 3.93. The molecule has 2 N–H and O–H groups in total. The van der Waals surface area contributed by atoms with Crippen molar-refractivity contribution in [3.8, 4) is 0 Å². The molecule has 1 aromatic heterocycles. The average molecular weight is 207 g/mol. The van der Waals surface area contributed by atoms with E-state index < -0.39 is 24.5 Å². The van der Waals surface area contributed by atoms with Crippen molar-refractivity contribution >= 4 is 0 Å². The quantitative estimate of drug-likeness (QED) is 0.764. The number of nitrogens with zero attached hydrogens (tertiary/aromatic N) is 1. The van der Waals surface area contributed by atoms with Gasteiger partial charge in [-0.05, 0) is 11.6 Å². The Labute approximate surface area is 77.8 Å². The molecule has 1 rings (SSSR count). The van der Waals surface area contributed by atoms with Crippen LogP contribution in [-0.4, -0.2) is 21.8 Å². The summed E-state index contributed by atoms with van der Waals surface area (Å²) in [5, 5.41) is 17.6. The van der Waals surface area contributed by atoms with E-state index in [2.05, 4.69) is 4.98 Å². The van der Waals surface area contributed by atoms with Crippen molar-refractivity contribution < 1.29 is 23.4 Å². The summed E-state index contributed by atoms with van der Waals surface area (Å²) >= 11 is 0. The number of hydrogen-bond donors (Lipinski definition) is 2. The summed E-state index contributed by atoms with van der Waals surface area (Å²) in [6.45, 7) is -0.757. The molecule has 0 bridgehead atoms. The zero-order chi connectivity index (χ0) is 10.8. The van der Waals surface area contributed by atoms with Crippen molar-refractivity contribution in [2.75, 3.05) is 6.61 Å². The fraction of sp³-hybridized carbons (Fsp3) is 0.375. The van der Waals surface area contributed by atoms with E-state index in [1.807, 2.05) is 0 Å². The zero-order valence-electron chi connectivity index (χ0n) is 6.99. The molecule has 1 atom stereocenters. The van der Waals surface area contributed by atoms with Gasteiger partial charge in [-0.25, -0.2) is 0 Å². The third kappa shape index (κ3) is 2.21. The third-order valence-corrected chi connectivity index (χ3v) is 1.69. The predicted octanol–water partition coefficient (Wildman–Crippen LogP) is 1.13. The first-order chi connectivity index (χ1) is 6.46. The fourth-order valence-electron chi connectivity index (χ4n) is 1.03. The monoisotopic (exact) mass is 207 g/mol. The fourth-order valence-corrected chi connectivity index (χ4v) is 1.03. The van der Waals surface area contributed by atoms with Gasteiger partial charge >= 0.3 is 6.18 Å². The molecule has 78 valence electrons. The molecule has 0 aromatic carbocycles. The Morgan fingerprint density at radius 3 is 2.57 bits per heavy atom. The Hall–Kier alpha value is -1.14. The van der Waals surface area contributed by atoms with Crippen LogP contribution in [0.1, 0.15) is 17.2 Å². The van der Waals surface area contributed by atoms with Crippen LogP contribution in [0.15, 0.2) is 18.5 Å². The summed E-state index contributed by atoms with van der Waals surface area (Å²) in [4.78, 5) is 3.32. The van der Waals surface area contributed by atoms with Gasteiger partial charge in [0.1, 0.15) is 6.10 Å². The molecule has 0 saturated heterocycles. The second-order valence-corrected chi connectivity index (χ2v) is 2.66. The summed E-state index contributed by atoms with van der Waals surface area (Å²) in [6, 6.07) is 1.03. The maximum absolute atomic E-state index is 12.3. The van der Waals surface area contributed by atoms with Crippen molar-refractivity contribution in [1.82, 2.24) is 4.98 Å².